The quantitative estimate of drug-likeness (QED) is 0.233. The summed E-state index contributed by atoms with van der Waals surface area (Å²) in [4.78, 5) is 0. The Kier molecular flexibility index (Phi) is 17.8. The van der Waals surface area contributed by atoms with Gasteiger partial charge >= 0.3 is 17.1 Å². The smallest absolute Gasteiger partial charge is 0.455 e. The summed E-state index contributed by atoms with van der Waals surface area (Å²) in [6.07, 6.45) is 16.1. The van der Waals surface area contributed by atoms with Crippen molar-refractivity contribution in [1.82, 2.24) is 15.0 Å². The molecule has 4 nitrogen and oxygen atoms in total. The van der Waals surface area contributed by atoms with Gasteiger partial charge in [0.1, 0.15) is 0 Å². The van der Waals surface area contributed by atoms with E-state index in [1.165, 1.54) is 69.5 Å². The van der Waals surface area contributed by atoms with Crippen molar-refractivity contribution in [3.63, 3.8) is 0 Å². The molecule has 33 heavy (non-hydrogen) atoms. The van der Waals surface area contributed by atoms with Crippen molar-refractivity contribution in [2.75, 3.05) is 0 Å². The van der Waals surface area contributed by atoms with Crippen molar-refractivity contribution in [3.8, 4) is 0 Å². The normalized spacial score (nSPS) is 16.6. The van der Waals surface area contributed by atoms with Crippen LogP contribution in [-0.2, 0) is 27.7 Å². The summed E-state index contributed by atoms with van der Waals surface area (Å²) >= 11 is 0. The number of rotatable bonds is 9. The Balaban J connectivity index is 0. The van der Waals surface area contributed by atoms with Crippen molar-refractivity contribution in [3.05, 3.63) is 26.7 Å². The molecule has 0 aliphatic heterocycles. The molecule has 0 unspecified atom stereocenters. The monoisotopic (exact) mass is 537 g/mol. The molecule has 0 aromatic carbocycles. The standard InChI is InChI=1S/C19H39N3OSi2.C5H10.2CH3.Fe/c1-16(2)25(7,17(3)4)23-24(5,6)14-10-13-22-15-19(20-21-22)18-11-8-9-12-18;1-2-4-5-3-1;;;/h15-18H,8-14H2,1-7H3;1-5H2;2*1H3;/q;;2*-1;+2. The van der Waals surface area contributed by atoms with Crippen LogP contribution in [0.2, 0.25) is 36.8 Å². The average molecular weight is 538 g/mol. The molecule has 1 aromatic heterocycles. The minimum absolute atomic E-state index is 0. The van der Waals surface area contributed by atoms with Gasteiger partial charge in [0.25, 0.3) is 0 Å². The van der Waals surface area contributed by atoms with E-state index in [4.69, 9.17) is 4.12 Å². The molecule has 3 rings (SSSR count). The molecule has 0 bridgehead atoms. The molecule has 7 heteroatoms. The second kappa shape index (κ2) is 16.7. The fourth-order valence-electron chi connectivity index (χ4n) is 4.93. The van der Waals surface area contributed by atoms with Gasteiger partial charge in [0.05, 0.1) is 5.69 Å². The van der Waals surface area contributed by atoms with E-state index in [1.54, 1.807) is 0 Å². The van der Waals surface area contributed by atoms with Gasteiger partial charge in [-0.1, -0.05) is 77.9 Å². The Labute approximate surface area is 220 Å². The average Bonchev–Trinajstić information content (AvgIpc) is 3.43. The van der Waals surface area contributed by atoms with Gasteiger partial charge in [-0.15, -0.1) is 5.10 Å². The summed E-state index contributed by atoms with van der Waals surface area (Å²) in [5.74, 6) is 0.659. The van der Waals surface area contributed by atoms with Crippen molar-refractivity contribution in [1.29, 1.82) is 0 Å². The maximum Gasteiger partial charge on any atom is 2.00 e. The van der Waals surface area contributed by atoms with Gasteiger partial charge in [0.15, 0.2) is 16.6 Å². The van der Waals surface area contributed by atoms with Crippen molar-refractivity contribution >= 4 is 16.6 Å². The van der Waals surface area contributed by atoms with Crippen LogP contribution in [0.3, 0.4) is 0 Å². The van der Waals surface area contributed by atoms with Crippen LogP contribution in [0.25, 0.3) is 0 Å². The van der Waals surface area contributed by atoms with E-state index in [2.05, 4.69) is 68.5 Å². The molecule has 2 aliphatic rings. The number of aryl methyl sites for hydroxylation is 1. The molecule has 0 saturated heterocycles. The summed E-state index contributed by atoms with van der Waals surface area (Å²) in [6.45, 7) is 17.6. The van der Waals surface area contributed by atoms with Gasteiger partial charge in [-0.25, -0.2) is 0 Å². The molecule has 2 fully saturated rings. The summed E-state index contributed by atoms with van der Waals surface area (Å²) in [7, 11) is -3.29. The van der Waals surface area contributed by atoms with Gasteiger partial charge in [0.2, 0.25) is 0 Å². The van der Waals surface area contributed by atoms with E-state index in [0.29, 0.717) is 17.0 Å². The predicted octanol–water partition coefficient (Wildman–Crippen LogP) is 8.79. The van der Waals surface area contributed by atoms with Gasteiger partial charge in [-0.3, -0.25) is 4.68 Å². The van der Waals surface area contributed by atoms with Crippen LogP contribution in [0, 0.1) is 14.9 Å². The first-order valence-corrected chi connectivity index (χ1v) is 18.4. The van der Waals surface area contributed by atoms with Crippen molar-refractivity contribution in [2.45, 2.75) is 141 Å². The Bertz CT molecular complexity index is 597. The Morgan fingerprint density at radius 3 is 1.85 bits per heavy atom. The molecule has 0 atom stereocenters. The van der Waals surface area contributed by atoms with E-state index in [0.717, 1.165) is 13.0 Å². The zero-order valence-electron chi connectivity index (χ0n) is 23.4. The van der Waals surface area contributed by atoms with Gasteiger partial charge in [-0.2, -0.15) is 0 Å². The maximum absolute atomic E-state index is 6.91. The van der Waals surface area contributed by atoms with Crippen LogP contribution < -0.4 is 0 Å². The number of hydrogen-bond donors (Lipinski definition) is 0. The fourth-order valence-corrected chi connectivity index (χ4v) is 14.3. The predicted molar refractivity (Wildman–Crippen MR) is 147 cm³/mol. The first-order chi connectivity index (χ1) is 14.1. The third kappa shape index (κ3) is 11.6. The van der Waals surface area contributed by atoms with E-state index in [9.17, 15) is 0 Å². The third-order valence-electron chi connectivity index (χ3n) is 7.53. The van der Waals surface area contributed by atoms with E-state index < -0.39 is 16.6 Å². The van der Waals surface area contributed by atoms with Crippen molar-refractivity contribution < 1.29 is 21.2 Å². The van der Waals surface area contributed by atoms with Gasteiger partial charge in [-0.05, 0) is 56.0 Å². The minimum Gasteiger partial charge on any atom is -0.455 e. The Morgan fingerprint density at radius 1 is 0.909 bits per heavy atom. The number of hydrogen-bond acceptors (Lipinski definition) is 3. The largest absolute Gasteiger partial charge is 2.00 e. The SMILES string of the molecule is C1CCCC1.CC(C)[Si](C)(O[Si](C)(C)CCCn1cc(C2CCCC2)nn1)C(C)C.[CH3-].[CH3-].[Fe+2]. The summed E-state index contributed by atoms with van der Waals surface area (Å²) < 4.78 is 8.96. The van der Waals surface area contributed by atoms with Crippen molar-refractivity contribution in [2.24, 2.45) is 0 Å². The summed E-state index contributed by atoms with van der Waals surface area (Å²) in [5.41, 5.74) is 2.55. The second-order valence-corrected chi connectivity index (χ2v) is 20.6. The van der Waals surface area contributed by atoms with E-state index in [-0.39, 0.29) is 31.9 Å². The molecule has 196 valence electrons. The third-order valence-corrected chi connectivity index (χ3v) is 17.6. The molecule has 2 aliphatic carbocycles. The van der Waals surface area contributed by atoms with Crippen LogP contribution in [0.1, 0.15) is 104 Å². The summed E-state index contributed by atoms with van der Waals surface area (Å²) in [5, 5.41) is 8.78. The molecule has 0 spiro atoms. The molecule has 2 saturated carbocycles. The van der Waals surface area contributed by atoms with Crippen LogP contribution in [0.5, 0.6) is 0 Å². The molecule has 0 amide bonds. The van der Waals surface area contributed by atoms with Gasteiger partial charge in [0, 0.05) is 18.7 Å². The Hall–Kier alpha value is 0.0532. The fraction of sp³-hybridized carbons (Fsp3) is 0.846. The minimum atomic E-state index is -1.66. The summed E-state index contributed by atoms with van der Waals surface area (Å²) in [6, 6.07) is 1.20. The second-order valence-electron chi connectivity index (χ2n) is 11.1. The van der Waals surface area contributed by atoms with Gasteiger partial charge < -0.3 is 19.0 Å². The first kappa shape index (κ1) is 35.2. The maximum atomic E-state index is 6.91. The van der Waals surface area contributed by atoms with Crippen LogP contribution in [-0.4, -0.2) is 31.6 Å². The number of aromatic nitrogens is 3. The molecule has 1 heterocycles. The van der Waals surface area contributed by atoms with Crippen LogP contribution >= 0.6 is 0 Å². The molecule has 0 radical (unpaired) electrons. The molecule has 0 N–H and O–H groups in total. The zero-order chi connectivity index (χ0) is 22.2. The van der Waals surface area contributed by atoms with E-state index >= 15 is 0 Å². The van der Waals surface area contributed by atoms with Crippen LogP contribution in [0.4, 0.5) is 0 Å². The molecular formula is C26H55FeN3OSi2. The zero-order valence-corrected chi connectivity index (χ0v) is 26.5. The van der Waals surface area contributed by atoms with E-state index in [1.807, 2.05) is 0 Å². The molecule has 1 aromatic rings. The molecular weight excluding hydrogens is 482 g/mol. The Morgan fingerprint density at radius 2 is 1.39 bits per heavy atom. The van der Waals surface area contributed by atoms with Crippen LogP contribution in [0.15, 0.2) is 6.20 Å². The topological polar surface area (TPSA) is 39.9 Å². The first-order valence-electron chi connectivity index (χ1n) is 12.7. The number of nitrogens with zero attached hydrogens (tertiary/aromatic N) is 3.